The normalized spacial score (nSPS) is 14.0. The van der Waals surface area contributed by atoms with Gasteiger partial charge in [-0.05, 0) is 48.6 Å². The molecule has 3 aromatic rings. The van der Waals surface area contributed by atoms with Gasteiger partial charge >= 0.3 is 0 Å². The first-order valence-corrected chi connectivity index (χ1v) is 8.00. The summed E-state index contributed by atoms with van der Waals surface area (Å²) in [4.78, 5) is 21.8. The molecule has 0 fully saturated rings. The van der Waals surface area contributed by atoms with Crippen molar-refractivity contribution < 1.29 is 4.39 Å². The Morgan fingerprint density at radius 2 is 2.00 bits per heavy atom. The molecule has 1 aliphatic rings. The van der Waals surface area contributed by atoms with Crippen LogP contribution >= 0.6 is 11.3 Å². The average molecular weight is 312 g/mol. The lowest BCUT2D eigenvalue weighted by Gasteiger charge is -1.97. The number of benzene rings is 1. The number of hydrogen-bond acceptors (Lipinski definition) is 3. The molecule has 1 aromatic carbocycles. The lowest BCUT2D eigenvalue weighted by molar-refractivity contribution is 0.628. The maximum absolute atomic E-state index is 12.9. The average Bonchev–Trinajstić information content (AvgIpc) is 3.06. The number of rotatable bonds is 2. The fraction of sp³-hybridized carbons (Fsp3) is 0.176. The van der Waals surface area contributed by atoms with Gasteiger partial charge in [-0.25, -0.2) is 9.37 Å². The molecule has 0 amide bonds. The molecule has 22 heavy (non-hydrogen) atoms. The minimum Gasteiger partial charge on any atom is -0.306 e. The van der Waals surface area contributed by atoms with E-state index >= 15 is 0 Å². The number of aryl methyl sites for hydroxylation is 2. The Morgan fingerprint density at radius 3 is 2.82 bits per heavy atom. The second kappa shape index (κ2) is 5.18. The summed E-state index contributed by atoms with van der Waals surface area (Å²) in [6.07, 6.45) is 6.72. The van der Waals surface area contributed by atoms with Crippen LogP contribution in [0.4, 0.5) is 4.39 Å². The lowest BCUT2D eigenvalue weighted by atomic mass is 10.2. The van der Waals surface area contributed by atoms with Gasteiger partial charge in [-0.2, -0.15) is 0 Å². The molecule has 0 aliphatic heterocycles. The molecular weight excluding hydrogens is 299 g/mol. The Kier molecular flexibility index (Phi) is 3.15. The van der Waals surface area contributed by atoms with Gasteiger partial charge in [0.15, 0.2) is 0 Å². The van der Waals surface area contributed by atoms with Gasteiger partial charge in [0.1, 0.15) is 16.5 Å². The topological polar surface area (TPSA) is 45.8 Å². The number of thiophene rings is 1. The van der Waals surface area contributed by atoms with Crippen molar-refractivity contribution in [3.63, 3.8) is 0 Å². The second-order valence-electron chi connectivity index (χ2n) is 5.37. The first-order chi connectivity index (χ1) is 10.7. The van der Waals surface area contributed by atoms with Gasteiger partial charge in [0.05, 0.1) is 5.39 Å². The predicted octanol–water partition coefficient (Wildman–Crippen LogP) is 3.78. The standard InChI is InChI=1S/C17H13FN2OS/c18-11-7-4-10(5-8-11)6-9-14-19-16(21)15-12-2-1-3-13(12)22-17(15)20-14/h4-9H,1-3H2,(H,19,20,21)/b9-6+. The highest BCUT2D eigenvalue weighted by atomic mass is 32.1. The molecule has 0 spiro atoms. The first-order valence-electron chi connectivity index (χ1n) is 7.19. The molecule has 0 saturated carbocycles. The van der Waals surface area contributed by atoms with Crippen LogP contribution in [0.15, 0.2) is 29.1 Å². The molecule has 2 heterocycles. The van der Waals surface area contributed by atoms with E-state index in [4.69, 9.17) is 0 Å². The van der Waals surface area contributed by atoms with Crippen LogP contribution in [-0.4, -0.2) is 9.97 Å². The smallest absolute Gasteiger partial charge is 0.260 e. The highest BCUT2D eigenvalue weighted by Gasteiger charge is 2.20. The quantitative estimate of drug-likeness (QED) is 0.782. The zero-order valence-corrected chi connectivity index (χ0v) is 12.5. The van der Waals surface area contributed by atoms with E-state index in [2.05, 4.69) is 9.97 Å². The van der Waals surface area contributed by atoms with Crippen molar-refractivity contribution in [3.05, 3.63) is 62.3 Å². The van der Waals surface area contributed by atoms with Crippen LogP contribution in [0.2, 0.25) is 0 Å². The number of nitrogens with one attached hydrogen (secondary N) is 1. The van der Waals surface area contributed by atoms with E-state index in [1.54, 1.807) is 29.5 Å². The zero-order valence-electron chi connectivity index (χ0n) is 11.7. The monoisotopic (exact) mass is 312 g/mol. The number of H-pyrrole nitrogens is 1. The first kappa shape index (κ1) is 13.4. The number of aromatic nitrogens is 2. The fourth-order valence-corrected chi connectivity index (χ4v) is 4.12. The Bertz CT molecular complexity index is 938. The van der Waals surface area contributed by atoms with E-state index in [0.717, 1.165) is 35.0 Å². The van der Waals surface area contributed by atoms with Gasteiger partial charge in [-0.1, -0.05) is 18.2 Å². The van der Waals surface area contributed by atoms with E-state index < -0.39 is 0 Å². The summed E-state index contributed by atoms with van der Waals surface area (Å²) in [5.74, 6) is 0.264. The number of aromatic amines is 1. The molecule has 5 heteroatoms. The number of hydrogen-bond donors (Lipinski definition) is 1. The maximum Gasteiger partial charge on any atom is 0.260 e. The van der Waals surface area contributed by atoms with Crippen molar-refractivity contribution in [2.24, 2.45) is 0 Å². The largest absolute Gasteiger partial charge is 0.306 e. The summed E-state index contributed by atoms with van der Waals surface area (Å²) in [6, 6.07) is 6.18. The van der Waals surface area contributed by atoms with Gasteiger partial charge in [-0.15, -0.1) is 11.3 Å². The number of fused-ring (bicyclic) bond motifs is 3. The van der Waals surface area contributed by atoms with Crippen LogP contribution in [0.3, 0.4) is 0 Å². The third kappa shape index (κ3) is 2.27. The molecule has 110 valence electrons. The van der Waals surface area contributed by atoms with E-state index in [-0.39, 0.29) is 11.4 Å². The van der Waals surface area contributed by atoms with Crippen molar-refractivity contribution in [3.8, 4) is 0 Å². The lowest BCUT2D eigenvalue weighted by Crippen LogP contribution is -2.09. The van der Waals surface area contributed by atoms with Crippen LogP contribution in [0.5, 0.6) is 0 Å². The molecule has 0 radical (unpaired) electrons. The molecule has 0 unspecified atom stereocenters. The SMILES string of the molecule is O=c1[nH]c(/C=C/c2ccc(F)cc2)nc2sc3c(c12)CCC3. The highest BCUT2D eigenvalue weighted by Crippen LogP contribution is 2.34. The predicted molar refractivity (Wildman–Crippen MR) is 87.6 cm³/mol. The highest BCUT2D eigenvalue weighted by molar-refractivity contribution is 7.18. The van der Waals surface area contributed by atoms with E-state index in [1.807, 2.05) is 6.08 Å². The molecule has 2 aromatic heterocycles. The van der Waals surface area contributed by atoms with Crippen molar-refractivity contribution in [1.29, 1.82) is 0 Å². The van der Waals surface area contributed by atoms with Gasteiger partial charge in [0.25, 0.3) is 5.56 Å². The van der Waals surface area contributed by atoms with Gasteiger partial charge in [0, 0.05) is 4.88 Å². The summed E-state index contributed by atoms with van der Waals surface area (Å²) in [7, 11) is 0. The minimum absolute atomic E-state index is 0.0665. The molecular formula is C17H13FN2OS. The Balaban J connectivity index is 1.74. The van der Waals surface area contributed by atoms with Crippen LogP contribution in [0.1, 0.15) is 28.2 Å². The van der Waals surface area contributed by atoms with Gasteiger partial charge < -0.3 is 4.98 Å². The Hall–Kier alpha value is -2.27. The summed E-state index contributed by atoms with van der Waals surface area (Å²) in [5.41, 5.74) is 1.98. The minimum atomic E-state index is -0.266. The van der Waals surface area contributed by atoms with Gasteiger partial charge in [0.2, 0.25) is 0 Å². The van der Waals surface area contributed by atoms with Crippen LogP contribution in [0.25, 0.3) is 22.4 Å². The van der Waals surface area contributed by atoms with E-state index in [0.29, 0.717) is 5.82 Å². The van der Waals surface area contributed by atoms with Crippen molar-refractivity contribution in [2.75, 3.05) is 0 Å². The molecule has 0 saturated heterocycles. The van der Waals surface area contributed by atoms with Gasteiger partial charge in [-0.3, -0.25) is 4.79 Å². The Morgan fingerprint density at radius 1 is 1.18 bits per heavy atom. The third-order valence-electron chi connectivity index (χ3n) is 3.90. The molecule has 3 nitrogen and oxygen atoms in total. The van der Waals surface area contributed by atoms with E-state index in [9.17, 15) is 9.18 Å². The summed E-state index contributed by atoms with van der Waals surface area (Å²) >= 11 is 1.62. The summed E-state index contributed by atoms with van der Waals surface area (Å²) < 4.78 is 12.9. The zero-order chi connectivity index (χ0) is 15.1. The summed E-state index contributed by atoms with van der Waals surface area (Å²) in [5, 5.41) is 0.761. The van der Waals surface area contributed by atoms with Crippen LogP contribution in [-0.2, 0) is 12.8 Å². The molecule has 0 bridgehead atoms. The second-order valence-corrected chi connectivity index (χ2v) is 6.46. The Labute approximate surface area is 130 Å². The number of nitrogens with zero attached hydrogens (tertiary/aromatic N) is 1. The molecule has 4 rings (SSSR count). The molecule has 0 atom stereocenters. The fourth-order valence-electron chi connectivity index (χ4n) is 2.85. The van der Waals surface area contributed by atoms with Crippen molar-refractivity contribution >= 4 is 33.7 Å². The van der Waals surface area contributed by atoms with Crippen molar-refractivity contribution in [1.82, 2.24) is 9.97 Å². The summed E-state index contributed by atoms with van der Waals surface area (Å²) in [6.45, 7) is 0. The third-order valence-corrected chi connectivity index (χ3v) is 5.08. The number of halogens is 1. The molecule has 1 aliphatic carbocycles. The maximum atomic E-state index is 12.9. The molecule has 1 N–H and O–H groups in total. The van der Waals surface area contributed by atoms with Crippen LogP contribution < -0.4 is 5.56 Å². The van der Waals surface area contributed by atoms with Crippen molar-refractivity contribution in [2.45, 2.75) is 19.3 Å². The van der Waals surface area contributed by atoms with E-state index in [1.165, 1.54) is 22.6 Å². The van der Waals surface area contributed by atoms with Crippen LogP contribution in [0, 0.1) is 5.82 Å².